The molecule has 0 saturated heterocycles. The Kier molecular flexibility index (Phi) is 11.6. The third kappa shape index (κ3) is 10.7. The number of hydroxylamine groups is 1. The Labute approximate surface area is 194 Å². The molecule has 0 atom stereocenters. The van der Waals surface area contributed by atoms with E-state index in [2.05, 4.69) is 16.1 Å². The fourth-order valence-corrected chi connectivity index (χ4v) is 3.25. The van der Waals surface area contributed by atoms with Gasteiger partial charge in [-0.25, -0.2) is 5.48 Å². The number of nitrogens with two attached hydrogens (primary N) is 1. The van der Waals surface area contributed by atoms with Crippen molar-refractivity contribution in [2.24, 2.45) is 5.84 Å². The van der Waals surface area contributed by atoms with E-state index in [-0.39, 0.29) is 18.2 Å². The molecule has 0 saturated carbocycles. The second-order valence-corrected chi connectivity index (χ2v) is 7.79. The number of aryl methyl sites for hydroxylation is 1. The van der Waals surface area contributed by atoms with Gasteiger partial charge in [0, 0.05) is 37.2 Å². The minimum Gasteiger partial charge on any atom is -0.326 e. The van der Waals surface area contributed by atoms with E-state index in [1.165, 1.54) is 0 Å². The second kappa shape index (κ2) is 14.7. The van der Waals surface area contributed by atoms with Crippen molar-refractivity contribution in [2.45, 2.75) is 51.4 Å². The van der Waals surface area contributed by atoms with Crippen LogP contribution in [0.3, 0.4) is 0 Å². The van der Waals surface area contributed by atoms with E-state index in [1.807, 2.05) is 48.5 Å². The molecule has 2 aromatic rings. The number of rotatable bonds is 14. The highest BCUT2D eigenvalue weighted by molar-refractivity contribution is 5.91. The van der Waals surface area contributed by atoms with Crippen LogP contribution in [0.5, 0.6) is 0 Å². The van der Waals surface area contributed by atoms with Gasteiger partial charge in [0.05, 0.1) is 0 Å². The quantitative estimate of drug-likeness (QED) is 0.112. The van der Waals surface area contributed by atoms with Crippen LogP contribution in [0.15, 0.2) is 48.5 Å². The van der Waals surface area contributed by atoms with Gasteiger partial charge < -0.3 is 10.6 Å². The molecule has 33 heavy (non-hydrogen) atoms. The Morgan fingerprint density at radius 2 is 1.12 bits per heavy atom. The lowest BCUT2D eigenvalue weighted by atomic mass is 10.1. The maximum absolute atomic E-state index is 12.2. The van der Waals surface area contributed by atoms with Gasteiger partial charge in [0.1, 0.15) is 0 Å². The Bertz CT molecular complexity index is 885. The van der Waals surface area contributed by atoms with Gasteiger partial charge in [-0.15, -0.1) is 0 Å². The molecular formula is C24H33N5O4. The van der Waals surface area contributed by atoms with Gasteiger partial charge in [0.25, 0.3) is 0 Å². The highest BCUT2D eigenvalue weighted by Crippen LogP contribution is 2.14. The smallest absolute Gasteiger partial charge is 0.243 e. The Morgan fingerprint density at radius 1 is 0.667 bits per heavy atom. The SMILES string of the molecule is NNCCc1ccc(NC(=O)CCCc2ccc(NC(=O)CCCCC(=O)NO)cc2)cc1. The van der Waals surface area contributed by atoms with E-state index < -0.39 is 5.91 Å². The molecule has 0 heterocycles. The van der Waals surface area contributed by atoms with Crippen LogP contribution < -0.4 is 27.4 Å². The molecule has 3 amide bonds. The van der Waals surface area contributed by atoms with E-state index in [4.69, 9.17) is 11.0 Å². The molecule has 178 valence electrons. The first-order valence-corrected chi connectivity index (χ1v) is 11.1. The Hall–Kier alpha value is -3.27. The number of unbranched alkanes of at least 4 members (excludes halogenated alkanes) is 1. The van der Waals surface area contributed by atoms with Crippen molar-refractivity contribution in [1.29, 1.82) is 0 Å². The number of hydrogen-bond acceptors (Lipinski definition) is 6. The maximum Gasteiger partial charge on any atom is 0.243 e. The number of hydrazine groups is 1. The number of hydrogen-bond donors (Lipinski definition) is 6. The van der Waals surface area contributed by atoms with Crippen molar-refractivity contribution < 1.29 is 19.6 Å². The molecule has 0 bridgehead atoms. The molecule has 0 aliphatic heterocycles. The van der Waals surface area contributed by atoms with Gasteiger partial charge in [-0.3, -0.25) is 30.9 Å². The summed E-state index contributed by atoms with van der Waals surface area (Å²) in [5, 5.41) is 14.2. The van der Waals surface area contributed by atoms with Crippen molar-refractivity contribution in [1.82, 2.24) is 10.9 Å². The number of benzene rings is 2. The van der Waals surface area contributed by atoms with Crippen LogP contribution in [-0.2, 0) is 27.2 Å². The number of nitrogens with one attached hydrogen (secondary N) is 4. The number of carbonyl (C=O) groups excluding carboxylic acids is 3. The lowest BCUT2D eigenvalue weighted by Crippen LogP contribution is -2.24. The Balaban J connectivity index is 1.64. The molecule has 0 fully saturated rings. The summed E-state index contributed by atoms with van der Waals surface area (Å²) < 4.78 is 0. The van der Waals surface area contributed by atoms with Gasteiger partial charge in [0.15, 0.2) is 0 Å². The summed E-state index contributed by atoms with van der Waals surface area (Å²) in [6.07, 6.45) is 4.34. The van der Waals surface area contributed by atoms with Crippen molar-refractivity contribution in [2.75, 3.05) is 17.2 Å². The number of amides is 3. The van der Waals surface area contributed by atoms with Crippen LogP contribution in [-0.4, -0.2) is 29.5 Å². The zero-order valence-electron chi connectivity index (χ0n) is 18.7. The normalized spacial score (nSPS) is 10.5. The first-order chi connectivity index (χ1) is 16.0. The van der Waals surface area contributed by atoms with Crippen molar-refractivity contribution >= 4 is 29.1 Å². The summed E-state index contributed by atoms with van der Waals surface area (Å²) in [5.41, 5.74) is 7.92. The highest BCUT2D eigenvalue weighted by Gasteiger charge is 2.06. The topological polar surface area (TPSA) is 146 Å². The molecule has 0 spiro atoms. The van der Waals surface area contributed by atoms with Crippen LogP contribution >= 0.6 is 0 Å². The van der Waals surface area contributed by atoms with E-state index in [1.54, 1.807) is 5.48 Å². The molecule has 9 nitrogen and oxygen atoms in total. The van der Waals surface area contributed by atoms with Crippen LogP contribution in [0.2, 0.25) is 0 Å². The van der Waals surface area contributed by atoms with E-state index in [0.717, 1.165) is 36.1 Å². The molecule has 0 aromatic heterocycles. The monoisotopic (exact) mass is 455 g/mol. The molecule has 0 aliphatic carbocycles. The summed E-state index contributed by atoms with van der Waals surface area (Å²) in [4.78, 5) is 35.1. The standard InChI is InChI=1S/C24H33N5O4/c25-26-17-16-19-10-14-21(15-11-19)28-23(31)7-3-4-18-8-12-20(13-9-18)27-22(30)5-1-2-6-24(32)29-33/h8-15,26,33H,1-7,16-17,25H2,(H,27,30)(H,28,31)(H,29,32). The van der Waals surface area contributed by atoms with E-state index in [0.29, 0.717) is 37.9 Å². The first-order valence-electron chi connectivity index (χ1n) is 11.1. The molecule has 9 heteroatoms. The van der Waals surface area contributed by atoms with E-state index >= 15 is 0 Å². The predicted molar refractivity (Wildman–Crippen MR) is 127 cm³/mol. The average molecular weight is 456 g/mol. The van der Waals surface area contributed by atoms with Gasteiger partial charge >= 0.3 is 0 Å². The zero-order chi connectivity index (χ0) is 23.9. The van der Waals surface area contributed by atoms with Crippen molar-refractivity contribution in [3.8, 4) is 0 Å². The summed E-state index contributed by atoms with van der Waals surface area (Å²) in [5.74, 6) is 4.69. The van der Waals surface area contributed by atoms with Gasteiger partial charge in [-0.1, -0.05) is 24.3 Å². The molecular weight excluding hydrogens is 422 g/mol. The fraction of sp³-hybridized carbons (Fsp3) is 0.375. The number of anilines is 2. The maximum atomic E-state index is 12.2. The lowest BCUT2D eigenvalue weighted by molar-refractivity contribution is -0.129. The summed E-state index contributed by atoms with van der Waals surface area (Å²) in [6.45, 7) is 0.701. The molecule has 2 rings (SSSR count). The minimum atomic E-state index is -0.450. The van der Waals surface area contributed by atoms with Crippen LogP contribution in [0.25, 0.3) is 0 Å². The highest BCUT2D eigenvalue weighted by atomic mass is 16.5. The van der Waals surface area contributed by atoms with E-state index in [9.17, 15) is 14.4 Å². The fourth-order valence-electron chi connectivity index (χ4n) is 3.25. The third-order valence-corrected chi connectivity index (χ3v) is 5.09. The predicted octanol–water partition coefficient (Wildman–Crippen LogP) is 2.66. The second-order valence-electron chi connectivity index (χ2n) is 7.79. The number of carbonyl (C=O) groups is 3. The third-order valence-electron chi connectivity index (χ3n) is 5.09. The molecule has 2 aromatic carbocycles. The summed E-state index contributed by atoms with van der Waals surface area (Å²) >= 11 is 0. The van der Waals surface area contributed by atoms with Gasteiger partial charge in [0.2, 0.25) is 17.7 Å². The summed E-state index contributed by atoms with van der Waals surface area (Å²) in [6, 6.07) is 15.3. The Morgan fingerprint density at radius 3 is 1.61 bits per heavy atom. The minimum absolute atomic E-state index is 0.0215. The largest absolute Gasteiger partial charge is 0.326 e. The van der Waals surface area contributed by atoms with Gasteiger partial charge in [-0.05, 0) is 67.5 Å². The molecule has 7 N–H and O–H groups in total. The summed E-state index contributed by atoms with van der Waals surface area (Å²) in [7, 11) is 0. The molecule has 0 unspecified atom stereocenters. The molecule has 0 radical (unpaired) electrons. The molecule has 0 aliphatic rings. The first kappa shape index (κ1) is 26.0. The average Bonchev–Trinajstić information content (AvgIpc) is 2.82. The van der Waals surface area contributed by atoms with Crippen molar-refractivity contribution in [3.05, 3.63) is 59.7 Å². The van der Waals surface area contributed by atoms with Gasteiger partial charge in [-0.2, -0.15) is 0 Å². The zero-order valence-corrected chi connectivity index (χ0v) is 18.7. The van der Waals surface area contributed by atoms with Crippen LogP contribution in [0.4, 0.5) is 11.4 Å². The van der Waals surface area contributed by atoms with Crippen LogP contribution in [0.1, 0.15) is 49.7 Å². The van der Waals surface area contributed by atoms with Crippen LogP contribution in [0, 0.1) is 0 Å². The lowest BCUT2D eigenvalue weighted by Gasteiger charge is -2.08. The van der Waals surface area contributed by atoms with Crippen molar-refractivity contribution in [3.63, 3.8) is 0 Å².